The average Bonchev–Trinajstić information content (AvgIpc) is 2.35. The predicted octanol–water partition coefficient (Wildman–Crippen LogP) is 5.04. The average molecular weight is 332 g/mol. The molecular formula is C18H22BrN. The molecule has 0 saturated carbocycles. The molecule has 0 radical (unpaired) electrons. The van der Waals surface area contributed by atoms with Gasteiger partial charge in [-0.15, -0.1) is 0 Å². The van der Waals surface area contributed by atoms with Gasteiger partial charge in [0.15, 0.2) is 0 Å². The number of hydrogen-bond acceptors (Lipinski definition) is 1. The van der Waals surface area contributed by atoms with Crippen molar-refractivity contribution >= 4 is 15.9 Å². The standard InChI is InChI=1S/C18H22BrN/c1-10-6-15(9-16(19)7-10)18(20)17-13(4)11(2)8-12(3)14(17)5/h6-9,18H,20H2,1-5H3. The highest BCUT2D eigenvalue weighted by Crippen LogP contribution is 2.31. The Labute approximate surface area is 130 Å². The summed E-state index contributed by atoms with van der Waals surface area (Å²) in [4.78, 5) is 0. The second kappa shape index (κ2) is 5.71. The first-order valence-electron chi connectivity index (χ1n) is 6.91. The molecule has 106 valence electrons. The van der Waals surface area contributed by atoms with E-state index in [2.05, 4.69) is 74.8 Å². The second-order valence-electron chi connectivity index (χ2n) is 5.71. The monoisotopic (exact) mass is 331 g/mol. The van der Waals surface area contributed by atoms with Crippen LogP contribution in [0.25, 0.3) is 0 Å². The van der Waals surface area contributed by atoms with E-state index in [4.69, 9.17) is 5.73 Å². The normalized spacial score (nSPS) is 12.6. The molecule has 0 saturated heterocycles. The van der Waals surface area contributed by atoms with Gasteiger partial charge < -0.3 is 5.73 Å². The molecule has 0 aliphatic rings. The topological polar surface area (TPSA) is 26.0 Å². The summed E-state index contributed by atoms with van der Waals surface area (Å²) in [5, 5.41) is 0. The van der Waals surface area contributed by atoms with E-state index in [1.54, 1.807) is 0 Å². The van der Waals surface area contributed by atoms with Crippen LogP contribution in [0.15, 0.2) is 28.7 Å². The second-order valence-corrected chi connectivity index (χ2v) is 6.63. The number of aryl methyl sites for hydroxylation is 3. The molecular weight excluding hydrogens is 310 g/mol. The molecule has 2 heteroatoms. The van der Waals surface area contributed by atoms with Crippen molar-refractivity contribution in [2.75, 3.05) is 0 Å². The lowest BCUT2D eigenvalue weighted by Gasteiger charge is -2.22. The zero-order chi connectivity index (χ0) is 15.0. The highest BCUT2D eigenvalue weighted by molar-refractivity contribution is 9.10. The van der Waals surface area contributed by atoms with Crippen LogP contribution in [0, 0.1) is 34.6 Å². The Morgan fingerprint density at radius 2 is 1.40 bits per heavy atom. The third-order valence-electron chi connectivity index (χ3n) is 4.16. The smallest absolute Gasteiger partial charge is 0.0557 e. The van der Waals surface area contributed by atoms with Crippen LogP contribution >= 0.6 is 15.9 Å². The van der Waals surface area contributed by atoms with E-state index in [0.717, 1.165) is 10.0 Å². The lowest BCUT2D eigenvalue weighted by atomic mass is 9.87. The van der Waals surface area contributed by atoms with Crippen LogP contribution in [0.4, 0.5) is 0 Å². The fraction of sp³-hybridized carbons (Fsp3) is 0.333. The van der Waals surface area contributed by atoms with Gasteiger partial charge in [0.05, 0.1) is 6.04 Å². The van der Waals surface area contributed by atoms with Gasteiger partial charge in [-0.05, 0) is 85.7 Å². The van der Waals surface area contributed by atoms with E-state index in [-0.39, 0.29) is 6.04 Å². The molecule has 20 heavy (non-hydrogen) atoms. The number of halogens is 1. The van der Waals surface area contributed by atoms with Gasteiger partial charge in [0, 0.05) is 4.47 Å². The third-order valence-corrected chi connectivity index (χ3v) is 4.62. The molecule has 1 nitrogen and oxygen atoms in total. The van der Waals surface area contributed by atoms with Crippen LogP contribution in [0.1, 0.15) is 45.0 Å². The minimum atomic E-state index is -0.0789. The largest absolute Gasteiger partial charge is 0.320 e. The highest BCUT2D eigenvalue weighted by atomic mass is 79.9. The van der Waals surface area contributed by atoms with Crippen LogP contribution in [0.5, 0.6) is 0 Å². The van der Waals surface area contributed by atoms with Crippen molar-refractivity contribution in [1.82, 2.24) is 0 Å². The first kappa shape index (κ1) is 15.3. The van der Waals surface area contributed by atoms with Gasteiger partial charge in [-0.1, -0.05) is 28.1 Å². The summed E-state index contributed by atoms with van der Waals surface area (Å²) in [7, 11) is 0. The summed E-state index contributed by atoms with van der Waals surface area (Å²) in [6, 6.07) is 8.56. The maximum Gasteiger partial charge on any atom is 0.0557 e. The van der Waals surface area contributed by atoms with E-state index in [0.29, 0.717) is 0 Å². The Kier molecular flexibility index (Phi) is 4.36. The minimum absolute atomic E-state index is 0.0789. The van der Waals surface area contributed by atoms with E-state index in [1.807, 2.05) is 0 Å². The molecule has 2 N–H and O–H groups in total. The quantitative estimate of drug-likeness (QED) is 0.819. The van der Waals surface area contributed by atoms with Crippen molar-refractivity contribution in [3.63, 3.8) is 0 Å². The van der Waals surface area contributed by atoms with E-state index >= 15 is 0 Å². The van der Waals surface area contributed by atoms with Crippen molar-refractivity contribution in [3.8, 4) is 0 Å². The van der Waals surface area contributed by atoms with Crippen molar-refractivity contribution < 1.29 is 0 Å². The van der Waals surface area contributed by atoms with Gasteiger partial charge in [-0.2, -0.15) is 0 Å². The van der Waals surface area contributed by atoms with Gasteiger partial charge in [-0.3, -0.25) is 0 Å². The maximum absolute atomic E-state index is 6.57. The number of benzene rings is 2. The van der Waals surface area contributed by atoms with E-state index in [9.17, 15) is 0 Å². The first-order chi connectivity index (χ1) is 9.31. The molecule has 0 bridgehead atoms. The van der Waals surface area contributed by atoms with Crippen LogP contribution in [-0.2, 0) is 0 Å². The Morgan fingerprint density at radius 3 is 1.90 bits per heavy atom. The van der Waals surface area contributed by atoms with Crippen molar-refractivity contribution in [2.24, 2.45) is 5.73 Å². The number of rotatable bonds is 2. The Bertz CT molecular complexity index is 612. The molecule has 0 fully saturated rings. The molecule has 0 spiro atoms. The van der Waals surface area contributed by atoms with Gasteiger partial charge in [0.2, 0.25) is 0 Å². The van der Waals surface area contributed by atoms with Crippen LogP contribution in [0.3, 0.4) is 0 Å². The molecule has 1 unspecified atom stereocenters. The summed E-state index contributed by atoms with van der Waals surface area (Å²) in [5.74, 6) is 0. The zero-order valence-corrected chi connectivity index (χ0v) is 14.4. The van der Waals surface area contributed by atoms with Crippen molar-refractivity contribution in [1.29, 1.82) is 0 Å². The molecule has 1 atom stereocenters. The fourth-order valence-corrected chi connectivity index (χ4v) is 3.45. The molecule has 0 heterocycles. The van der Waals surface area contributed by atoms with E-state index < -0.39 is 0 Å². The first-order valence-corrected chi connectivity index (χ1v) is 7.70. The predicted molar refractivity (Wildman–Crippen MR) is 90.3 cm³/mol. The van der Waals surface area contributed by atoms with E-state index in [1.165, 1.54) is 33.4 Å². The molecule has 2 rings (SSSR count). The SMILES string of the molecule is Cc1cc(Br)cc(C(N)c2c(C)c(C)cc(C)c2C)c1. The molecule has 0 aromatic heterocycles. The summed E-state index contributed by atoms with van der Waals surface area (Å²) >= 11 is 3.56. The molecule has 0 amide bonds. The summed E-state index contributed by atoms with van der Waals surface area (Å²) in [6.07, 6.45) is 0. The number of nitrogens with two attached hydrogens (primary N) is 1. The Hall–Kier alpha value is -1.12. The molecule has 0 aliphatic carbocycles. The van der Waals surface area contributed by atoms with Gasteiger partial charge >= 0.3 is 0 Å². The van der Waals surface area contributed by atoms with Gasteiger partial charge in [0.25, 0.3) is 0 Å². The lowest BCUT2D eigenvalue weighted by molar-refractivity contribution is 0.843. The summed E-state index contributed by atoms with van der Waals surface area (Å²) in [5.41, 5.74) is 15.5. The molecule has 0 aliphatic heterocycles. The van der Waals surface area contributed by atoms with Crippen LogP contribution in [0.2, 0.25) is 0 Å². The molecule has 2 aromatic rings. The Morgan fingerprint density at radius 1 is 0.850 bits per heavy atom. The summed E-state index contributed by atoms with van der Waals surface area (Å²) in [6.45, 7) is 10.8. The summed E-state index contributed by atoms with van der Waals surface area (Å²) < 4.78 is 1.09. The third kappa shape index (κ3) is 2.82. The van der Waals surface area contributed by atoms with Crippen LogP contribution < -0.4 is 5.73 Å². The van der Waals surface area contributed by atoms with Crippen LogP contribution in [-0.4, -0.2) is 0 Å². The number of hydrogen-bond donors (Lipinski definition) is 1. The molecule has 2 aromatic carbocycles. The van der Waals surface area contributed by atoms with Crippen molar-refractivity contribution in [2.45, 2.75) is 40.7 Å². The Balaban J connectivity index is 2.61. The zero-order valence-electron chi connectivity index (χ0n) is 12.8. The fourth-order valence-electron chi connectivity index (χ4n) is 2.82. The lowest BCUT2D eigenvalue weighted by Crippen LogP contribution is -2.16. The minimum Gasteiger partial charge on any atom is -0.320 e. The van der Waals surface area contributed by atoms with Gasteiger partial charge in [-0.25, -0.2) is 0 Å². The van der Waals surface area contributed by atoms with Gasteiger partial charge in [0.1, 0.15) is 0 Å². The van der Waals surface area contributed by atoms with Crippen molar-refractivity contribution in [3.05, 3.63) is 67.7 Å². The maximum atomic E-state index is 6.57. The highest BCUT2D eigenvalue weighted by Gasteiger charge is 2.17.